The maximum absolute atomic E-state index is 12.5. The molecular weight excluding hydrogens is 179 g/mol. The van der Waals surface area contributed by atoms with Crippen LogP contribution in [0.2, 0.25) is 0 Å². The summed E-state index contributed by atoms with van der Waals surface area (Å²) < 4.78 is 12.5. The Morgan fingerprint density at radius 2 is 2.00 bits per heavy atom. The summed E-state index contributed by atoms with van der Waals surface area (Å²) in [4.78, 5) is 11.3. The Morgan fingerprint density at radius 3 is 2.57 bits per heavy atom. The first-order valence-corrected chi connectivity index (χ1v) is 4.59. The van der Waals surface area contributed by atoms with Crippen LogP contribution in [-0.4, -0.2) is 5.78 Å². The predicted octanol–water partition coefficient (Wildman–Crippen LogP) is 2.90. The molecule has 1 aromatic rings. The summed E-state index contributed by atoms with van der Waals surface area (Å²) in [6, 6.07) is 6.02. The van der Waals surface area contributed by atoms with E-state index in [-0.39, 0.29) is 11.6 Å². The molecule has 1 rings (SSSR count). The highest BCUT2D eigenvalue weighted by Gasteiger charge is 2.02. The highest BCUT2D eigenvalue weighted by molar-refractivity contribution is 5.80. The van der Waals surface area contributed by atoms with Gasteiger partial charge in [0.2, 0.25) is 0 Å². The second-order valence-electron chi connectivity index (χ2n) is 3.17. The molecule has 0 saturated heterocycles. The third-order valence-corrected chi connectivity index (χ3v) is 1.94. The summed E-state index contributed by atoms with van der Waals surface area (Å²) in [5.41, 5.74) is 0.862. The van der Waals surface area contributed by atoms with Gasteiger partial charge in [0.1, 0.15) is 11.6 Å². The number of carbonyl (C=O) groups excluding carboxylic acids is 1. The molecule has 0 aliphatic carbocycles. The number of rotatable bonds is 5. The molecule has 0 fully saturated rings. The molecule has 2 heteroatoms. The van der Waals surface area contributed by atoms with Crippen molar-refractivity contribution in [1.29, 1.82) is 0 Å². The molecular formula is C12H13FO. The Bertz CT molecular complexity index is 314. The van der Waals surface area contributed by atoms with Gasteiger partial charge in [0.05, 0.1) is 0 Å². The minimum Gasteiger partial charge on any atom is -0.299 e. The van der Waals surface area contributed by atoms with Gasteiger partial charge in [-0.3, -0.25) is 4.79 Å². The number of ketones is 1. The lowest BCUT2D eigenvalue weighted by molar-refractivity contribution is -0.118. The maximum atomic E-state index is 12.5. The van der Waals surface area contributed by atoms with Gasteiger partial charge < -0.3 is 0 Å². The van der Waals surface area contributed by atoms with E-state index in [1.54, 1.807) is 18.2 Å². The Hall–Kier alpha value is -1.44. The van der Waals surface area contributed by atoms with Gasteiger partial charge in [0.15, 0.2) is 0 Å². The summed E-state index contributed by atoms with van der Waals surface area (Å²) in [5.74, 6) is -0.108. The van der Waals surface area contributed by atoms with E-state index in [0.29, 0.717) is 19.3 Å². The van der Waals surface area contributed by atoms with Crippen LogP contribution in [0.25, 0.3) is 0 Å². The fraction of sp³-hybridized carbons (Fsp3) is 0.250. The second-order valence-corrected chi connectivity index (χ2v) is 3.17. The highest BCUT2D eigenvalue weighted by Crippen LogP contribution is 2.05. The molecule has 0 bridgehead atoms. The molecule has 0 N–H and O–H groups in total. The van der Waals surface area contributed by atoms with Crippen molar-refractivity contribution in [1.82, 2.24) is 0 Å². The van der Waals surface area contributed by atoms with Crippen molar-refractivity contribution >= 4 is 5.78 Å². The van der Waals surface area contributed by atoms with Crippen molar-refractivity contribution in [2.75, 3.05) is 0 Å². The zero-order valence-electron chi connectivity index (χ0n) is 8.00. The summed E-state index contributed by atoms with van der Waals surface area (Å²) in [5, 5.41) is 0. The van der Waals surface area contributed by atoms with Crippen LogP contribution in [0.4, 0.5) is 4.39 Å². The van der Waals surface area contributed by atoms with Crippen molar-refractivity contribution in [3.63, 3.8) is 0 Å². The van der Waals surface area contributed by atoms with Crippen molar-refractivity contribution in [2.24, 2.45) is 0 Å². The Labute approximate surface area is 83.3 Å². The van der Waals surface area contributed by atoms with Gasteiger partial charge in [-0.2, -0.15) is 0 Å². The molecule has 0 radical (unpaired) electrons. The largest absolute Gasteiger partial charge is 0.299 e. The van der Waals surface area contributed by atoms with Crippen LogP contribution in [0.1, 0.15) is 18.4 Å². The summed E-state index contributed by atoms with van der Waals surface area (Å²) in [7, 11) is 0. The van der Waals surface area contributed by atoms with Gasteiger partial charge in [-0.1, -0.05) is 18.2 Å². The SMILES string of the molecule is C=CCCC(=O)Cc1ccc(F)cc1. The monoisotopic (exact) mass is 192 g/mol. The lowest BCUT2D eigenvalue weighted by Gasteiger charge is -1.99. The fourth-order valence-corrected chi connectivity index (χ4v) is 1.18. The molecule has 1 aromatic carbocycles. The van der Waals surface area contributed by atoms with E-state index in [1.807, 2.05) is 0 Å². The lowest BCUT2D eigenvalue weighted by atomic mass is 10.1. The van der Waals surface area contributed by atoms with E-state index in [2.05, 4.69) is 6.58 Å². The van der Waals surface area contributed by atoms with E-state index in [9.17, 15) is 9.18 Å². The van der Waals surface area contributed by atoms with Crippen molar-refractivity contribution in [3.8, 4) is 0 Å². The fourth-order valence-electron chi connectivity index (χ4n) is 1.18. The zero-order chi connectivity index (χ0) is 10.4. The van der Waals surface area contributed by atoms with Crippen LogP contribution in [0.3, 0.4) is 0 Å². The average Bonchev–Trinajstić information content (AvgIpc) is 2.18. The Kier molecular flexibility index (Phi) is 4.05. The lowest BCUT2D eigenvalue weighted by Crippen LogP contribution is -2.01. The van der Waals surface area contributed by atoms with E-state index in [1.165, 1.54) is 12.1 Å². The zero-order valence-corrected chi connectivity index (χ0v) is 8.00. The first-order valence-electron chi connectivity index (χ1n) is 4.59. The number of allylic oxidation sites excluding steroid dienone is 1. The van der Waals surface area contributed by atoms with Crippen LogP contribution >= 0.6 is 0 Å². The normalized spacial score (nSPS) is 9.79. The topological polar surface area (TPSA) is 17.1 Å². The minimum absolute atomic E-state index is 0.163. The molecule has 0 heterocycles. The van der Waals surface area contributed by atoms with Crippen LogP contribution in [0, 0.1) is 5.82 Å². The van der Waals surface area contributed by atoms with E-state index in [4.69, 9.17) is 0 Å². The number of hydrogen-bond acceptors (Lipinski definition) is 1. The average molecular weight is 192 g/mol. The second kappa shape index (κ2) is 5.32. The van der Waals surface area contributed by atoms with Crippen molar-refractivity contribution in [2.45, 2.75) is 19.3 Å². The quantitative estimate of drug-likeness (QED) is 0.655. The first kappa shape index (κ1) is 10.6. The molecule has 0 saturated carbocycles. The number of benzene rings is 1. The highest BCUT2D eigenvalue weighted by atomic mass is 19.1. The molecule has 0 aliphatic heterocycles. The molecule has 0 aliphatic rings. The Balaban J connectivity index is 2.47. The van der Waals surface area contributed by atoms with E-state index in [0.717, 1.165) is 5.56 Å². The third kappa shape index (κ3) is 3.52. The van der Waals surface area contributed by atoms with Crippen LogP contribution < -0.4 is 0 Å². The van der Waals surface area contributed by atoms with Gasteiger partial charge in [0, 0.05) is 12.8 Å². The minimum atomic E-state index is -0.271. The number of Topliss-reactive ketones (excluding diaryl/α,β-unsaturated/α-hetero) is 1. The summed E-state index contributed by atoms with van der Waals surface area (Å²) in [6.45, 7) is 3.55. The summed E-state index contributed by atoms with van der Waals surface area (Å²) >= 11 is 0. The van der Waals surface area contributed by atoms with E-state index >= 15 is 0 Å². The van der Waals surface area contributed by atoms with Gasteiger partial charge in [-0.25, -0.2) is 4.39 Å². The molecule has 0 atom stereocenters. The van der Waals surface area contributed by atoms with Crippen LogP contribution in [0.5, 0.6) is 0 Å². The number of halogens is 1. The van der Waals surface area contributed by atoms with Gasteiger partial charge >= 0.3 is 0 Å². The van der Waals surface area contributed by atoms with E-state index < -0.39 is 0 Å². The molecule has 0 aromatic heterocycles. The van der Waals surface area contributed by atoms with Gasteiger partial charge in [-0.15, -0.1) is 6.58 Å². The molecule has 0 unspecified atom stereocenters. The smallest absolute Gasteiger partial charge is 0.137 e. The maximum Gasteiger partial charge on any atom is 0.137 e. The summed E-state index contributed by atoms with van der Waals surface area (Å²) in [6.07, 6.45) is 3.33. The Morgan fingerprint density at radius 1 is 1.36 bits per heavy atom. The number of carbonyl (C=O) groups is 1. The van der Waals surface area contributed by atoms with Gasteiger partial charge in [-0.05, 0) is 24.1 Å². The van der Waals surface area contributed by atoms with Crippen LogP contribution in [-0.2, 0) is 11.2 Å². The first-order chi connectivity index (χ1) is 6.72. The third-order valence-electron chi connectivity index (χ3n) is 1.94. The van der Waals surface area contributed by atoms with Gasteiger partial charge in [0.25, 0.3) is 0 Å². The molecule has 74 valence electrons. The number of hydrogen-bond donors (Lipinski definition) is 0. The molecule has 14 heavy (non-hydrogen) atoms. The standard InChI is InChI=1S/C12H13FO/c1-2-3-4-12(14)9-10-5-7-11(13)8-6-10/h2,5-8H,1,3-4,9H2. The molecule has 0 amide bonds. The molecule has 0 spiro atoms. The predicted molar refractivity (Wildman–Crippen MR) is 54.5 cm³/mol. The molecule has 1 nitrogen and oxygen atoms in total. The van der Waals surface area contributed by atoms with Crippen molar-refractivity contribution < 1.29 is 9.18 Å². The van der Waals surface area contributed by atoms with Crippen molar-refractivity contribution in [3.05, 3.63) is 48.3 Å². The van der Waals surface area contributed by atoms with Crippen LogP contribution in [0.15, 0.2) is 36.9 Å².